The van der Waals surface area contributed by atoms with Crippen molar-refractivity contribution in [2.75, 3.05) is 11.5 Å². The Morgan fingerprint density at radius 1 is 1.14 bits per heavy atom. The minimum atomic E-state index is -0.315. The summed E-state index contributed by atoms with van der Waals surface area (Å²) in [6.45, 7) is 4.11. The molecule has 1 amide bonds. The maximum Gasteiger partial charge on any atom is 0.227 e. The SMILES string of the molecule is Cc1ccc(N)c(C(SCC(N)=O)c2ccccc2C)c1. The van der Waals surface area contributed by atoms with Gasteiger partial charge < -0.3 is 11.5 Å². The Kier molecular flexibility index (Phi) is 4.91. The van der Waals surface area contributed by atoms with Crippen LogP contribution in [0.5, 0.6) is 0 Å². The van der Waals surface area contributed by atoms with E-state index in [2.05, 4.69) is 25.1 Å². The monoisotopic (exact) mass is 300 g/mol. The van der Waals surface area contributed by atoms with Gasteiger partial charge in [0.05, 0.1) is 11.0 Å². The lowest BCUT2D eigenvalue weighted by Crippen LogP contribution is -2.15. The summed E-state index contributed by atoms with van der Waals surface area (Å²) in [6.07, 6.45) is 0. The molecule has 1 unspecified atom stereocenters. The number of benzene rings is 2. The van der Waals surface area contributed by atoms with E-state index in [1.807, 2.05) is 31.2 Å². The Bertz CT molecular complexity index is 655. The van der Waals surface area contributed by atoms with Crippen molar-refractivity contribution in [3.8, 4) is 0 Å². The molecule has 0 saturated carbocycles. The van der Waals surface area contributed by atoms with E-state index in [1.54, 1.807) is 0 Å². The summed E-state index contributed by atoms with van der Waals surface area (Å²) in [5.74, 6) is -0.0448. The number of hydrogen-bond donors (Lipinski definition) is 2. The van der Waals surface area contributed by atoms with Gasteiger partial charge in [-0.25, -0.2) is 0 Å². The fraction of sp³-hybridized carbons (Fsp3) is 0.235. The van der Waals surface area contributed by atoms with Crippen LogP contribution < -0.4 is 11.5 Å². The molecule has 4 heteroatoms. The summed E-state index contributed by atoms with van der Waals surface area (Å²) in [5, 5.41) is 0.0126. The highest BCUT2D eigenvalue weighted by Crippen LogP contribution is 2.39. The fourth-order valence-corrected chi connectivity index (χ4v) is 3.47. The molecular weight excluding hydrogens is 280 g/mol. The molecule has 0 aliphatic carbocycles. The Balaban J connectivity index is 2.48. The van der Waals surface area contributed by atoms with E-state index in [4.69, 9.17) is 11.5 Å². The summed E-state index contributed by atoms with van der Waals surface area (Å²) in [5.41, 5.74) is 16.7. The van der Waals surface area contributed by atoms with Crippen molar-refractivity contribution in [1.82, 2.24) is 0 Å². The third-order valence-electron chi connectivity index (χ3n) is 3.39. The first-order valence-electron chi connectivity index (χ1n) is 6.80. The molecule has 0 saturated heterocycles. The zero-order valence-electron chi connectivity index (χ0n) is 12.3. The van der Waals surface area contributed by atoms with Gasteiger partial charge >= 0.3 is 0 Å². The predicted molar refractivity (Wildman–Crippen MR) is 90.3 cm³/mol. The Morgan fingerprint density at radius 2 is 1.86 bits per heavy atom. The molecule has 1 atom stereocenters. The second kappa shape index (κ2) is 6.68. The van der Waals surface area contributed by atoms with Crippen molar-refractivity contribution in [3.05, 3.63) is 64.7 Å². The highest BCUT2D eigenvalue weighted by atomic mass is 32.2. The number of primary amides is 1. The Hall–Kier alpha value is -1.94. The van der Waals surface area contributed by atoms with Gasteiger partial charge in [0, 0.05) is 5.69 Å². The van der Waals surface area contributed by atoms with E-state index in [0.717, 1.165) is 16.8 Å². The molecule has 0 aromatic heterocycles. The van der Waals surface area contributed by atoms with E-state index in [1.165, 1.54) is 22.9 Å². The number of aryl methyl sites for hydroxylation is 2. The molecule has 0 fully saturated rings. The van der Waals surface area contributed by atoms with Crippen LogP contribution in [0.3, 0.4) is 0 Å². The summed E-state index contributed by atoms with van der Waals surface area (Å²) in [6, 6.07) is 14.2. The van der Waals surface area contributed by atoms with Crippen LogP contribution in [0.4, 0.5) is 5.69 Å². The van der Waals surface area contributed by atoms with Crippen LogP contribution in [0.2, 0.25) is 0 Å². The summed E-state index contributed by atoms with van der Waals surface area (Å²) in [7, 11) is 0. The number of carbonyl (C=O) groups is 1. The normalized spacial score (nSPS) is 12.1. The molecule has 2 aromatic carbocycles. The van der Waals surface area contributed by atoms with Gasteiger partial charge in [0.1, 0.15) is 0 Å². The summed E-state index contributed by atoms with van der Waals surface area (Å²) >= 11 is 1.52. The molecule has 2 aromatic rings. The van der Waals surface area contributed by atoms with Gasteiger partial charge in [-0.2, -0.15) is 0 Å². The second-order valence-corrected chi connectivity index (χ2v) is 6.24. The van der Waals surface area contributed by atoms with E-state index in [9.17, 15) is 4.79 Å². The van der Waals surface area contributed by atoms with Gasteiger partial charge in [0.2, 0.25) is 5.91 Å². The molecule has 2 rings (SSSR count). The van der Waals surface area contributed by atoms with Crippen molar-refractivity contribution >= 4 is 23.4 Å². The lowest BCUT2D eigenvalue weighted by atomic mass is 9.97. The van der Waals surface area contributed by atoms with Crippen molar-refractivity contribution in [1.29, 1.82) is 0 Å². The van der Waals surface area contributed by atoms with Gasteiger partial charge in [0.25, 0.3) is 0 Å². The fourth-order valence-electron chi connectivity index (χ4n) is 2.31. The van der Waals surface area contributed by atoms with E-state index in [-0.39, 0.29) is 16.9 Å². The molecule has 3 nitrogen and oxygen atoms in total. The largest absolute Gasteiger partial charge is 0.398 e. The van der Waals surface area contributed by atoms with Crippen LogP contribution in [-0.4, -0.2) is 11.7 Å². The highest BCUT2D eigenvalue weighted by molar-refractivity contribution is 8.00. The van der Waals surface area contributed by atoms with Gasteiger partial charge in [-0.05, 0) is 36.6 Å². The average Bonchev–Trinajstić information content (AvgIpc) is 2.44. The quantitative estimate of drug-likeness (QED) is 0.833. The van der Waals surface area contributed by atoms with Crippen LogP contribution in [0.25, 0.3) is 0 Å². The third kappa shape index (κ3) is 3.79. The van der Waals surface area contributed by atoms with E-state index in [0.29, 0.717) is 0 Å². The van der Waals surface area contributed by atoms with Crippen LogP contribution in [0, 0.1) is 13.8 Å². The third-order valence-corrected chi connectivity index (χ3v) is 4.68. The summed E-state index contributed by atoms with van der Waals surface area (Å²) < 4.78 is 0. The molecule has 4 N–H and O–H groups in total. The first-order valence-corrected chi connectivity index (χ1v) is 7.85. The molecule has 0 aliphatic rings. The Labute approximate surface area is 129 Å². The molecule has 110 valence electrons. The molecule has 0 aliphatic heterocycles. The van der Waals surface area contributed by atoms with Crippen LogP contribution in [0.15, 0.2) is 42.5 Å². The number of anilines is 1. The smallest absolute Gasteiger partial charge is 0.227 e. The standard InChI is InChI=1S/C17H20N2OS/c1-11-7-8-15(18)14(9-11)17(21-10-16(19)20)13-6-4-3-5-12(13)2/h3-9,17H,10,18H2,1-2H3,(H2,19,20). The second-order valence-electron chi connectivity index (χ2n) is 5.15. The van der Waals surface area contributed by atoms with E-state index < -0.39 is 0 Å². The topological polar surface area (TPSA) is 69.1 Å². The van der Waals surface area contributed by atoms with Crippen molar-refractivity contribution < 1.29 is 4.79 Å². The number of carbonyl (C=O) groups excluding carboxylic acids is 1. The van der Waals surface area contributed by atoms with E-state index >= 15 is 0 Å². The Morgan fingerprint density at radius 3 is 2.52 bits per heavy atom. The van der Waals surface area contributed by atoms with Crippen LogP contribution in [0.1, 0.15) is 27.5 Å². The lowest BCUT2D eigenvalue weighted by molar-refractivity contribution is -0.115. The maximum absolute atomic E-state index is 11.2. The number of nitrogen functional groups attached to an aromatic ring is 1. The number of amides is 1. The minimum Gasteiger partial charge on any atom is -0.398 e. The van der Waals surface area contributed by atoms with Crippen molar-refractivity contribution in [3.63, 3.8) is 0 Å². The van der Waals surface area contributed by atoms with Crippen molar-refractivity contribution in [2.45, 2.75) is 19.1 Å². The zero-order chi connectivity index (χ0) is 15.4. The summed E-state index contributed by atoms with van der Waals surface area (Å²) in [4.78, 5) is 11.2. The van der Waals surface area contributed by atoms with Gasteiger partial charge in [-0.1, -0.05) is 42.0 Å². The average molecular weight is 300 g/mol. The van der Waals surface area contributed by atoms with Gasteiger partial charge in [-0.15, -0.1) is 11.8 Å². The maximum atomic E-state index is 11.2. The first kappa shape index (κ1) is 15.4. The van der Waals surface area contributed by atoms with Crippen molar-refractivity contribution in [2.24, 2.45) is 5.73 Å². The molecule has 0 heterocycles. The van der Waals surface area contributed by atoms with Crippen LogP contribution in [-0.2, 0) is 4.79 Å². The number of hydrogen-bond acceptors (Lipinski definition) is 3. The molecule has 0 bridgehead atoms. The first-order chi connectivity index (χ1) is 9.99. The van der Waals surface area contributed by atoms with Gasteiger partial charge in [-0.3, -0.25) is 4.79 Å². The number of thioether (sulfide) groups is 1. The number of rotatable bonds is 5. The predicted octanol–water partition coefficient (Wildman–Crippen LogP) is 3.19. The lowest BCUT2D eigenvalue weighted by Gasteiger charge is -2.21. The highest BCUT2D eigenvalue weighted by Gasteiger charge is 2.20. The van der Waals surface area contributed by atoms with Crippen LogP contribution >= 0.6 is 11.8 Å². The molecular formula is C17H20N2OS. The molecule has 0 radical (unpaired) electrons. The zero-order valence-corrected chi connectivity index (χ0v) is 13.1. The minimum absolute atomic E-state index is 0.0126. The van der Waals surface area contributed by atoms with Gasteiger partial charge in [0.15, 0.2) is 0 Å². The number of nitrogens with two attached hydrogens (primary N) is 2. The molecule has 21 heavy (non-hydrogen) atoms. The molecule has 0 spiro atoms.